The van der Waals surface area contributed by atoms with Gasteiger partial charge < -0.3 is 0 Å². The van der Waals surface area contributed by atoms with Crippen molar-refractivity contribution >= 4 is 23.0 Å². The highest BCUT2D eigenvalue weighted by Crippen LogP contribution is 2.34. The lowest BCUT2D eigenvalue weighted by Crippen LogP contribution is -2.33. The van der Waals surface area contributed by atoms with E-state index in [1.165, 1.54) is 5.56 Å². The number of hydrogen-bond donors (Lipinski definition) is 1. The lowest BCUT2D eigenvalue weighted by atomic mass is 10.0. The second-order valence-electron chi connectivity index (χ2n) is 7.59. The Kier molecular flexibility index (Phi) is 5.66. The van der Waals surface area contributed by atoms with E-state index in [0.717, 1.165) is 33.1 Å². The van der Waals surface area contributed by atoms with Gasteiger partial charge in [0.2, 0.25) is 0 Å². The first-order valence-corrected chi connectivity index (χ1v) is 10.9. The summed E-state index contributed by atoms with van der Waals surface area (Å²) in [6.07, 6.45) is 2.27. The Morgan fingerprint density at radius 3 is 1.84 bits per heavy atom. The van der Waals surface area contributed by atoms with Crippen LogP contribution in [-0.2, 0) is 0 Å². The quantitative estimate of drug-likeness (QED) is 0.356. The maximum absolute atomic E-state index is 5.94. The zero-order chi connectivity index (χ0) is 21.8. The molecular formula is C29H21ClN2. The Hall–Kier alpha value is -3.93. The first-order valence-electron chi connectivity index (χ1n) is 10.5. The van der Waals surface area contributed by atoms with Crippen molar-refractivity contribution in [2.45, 2.75) is 6.04 Å². The molecule has 1 N–H and O–H groups in total. The van der Waals surface area contributed by atoms with Crippen molar-refractivity contribution in [3.63, 3.8) is 0 Å². The number of rotatable bonds is 3. The Morgan fingerprint density at radius 2 is 1.22 bits per heavy atom. The van der Waals surface area contributed by atoms with Crippen molar-refractivity contribution in [2.75, 3.05) is 5.01 Å². The Labute approximate surface area is 193 Å². The summed E-state index contributed by atoms with van der Waals surface area (Å²) in [7, 11) is 0. The SMILES string of the molecule is Clc1ccc(C#Cc2ccc(C3=CC(c4ccccc4)N(c4ccccc4)N3)cc2)cc1. The topological polar surface area (TPSA) is 15.3 Å². The summed E-state index contributed by atoms with van der Waals surface area (Å²) in [6, 6.07) is 37.0. The summed E-state index contributed by atoms with van der Waals surface area (Å²) in [5.74, 6) is 6.41. The molecule has 32 heavy (non-hydrogen) atoms. The summed E-state index contributed by atoms with van der Waals surface area (Å²) in [4.78, 5) is 0. The highest BCUT2D eigenvalue weighted by molar-refractivity contribution is 6.30. The van der Waals surface area contributed by atoms with Crippen molar-refractivity contribution in [2.24, 2.45) is 0 Å². The minimum atomic E-state index is 0.109. The third-order valence-electron chi connectivity index (χ3n) is 5.41. The fourth-order valence-corrected chi connectivity index (χ4v) is 3.88. The summed E-state index contributed by atoms with van der Waals surface area (Å²) in [5, 5.41) is 2.93. The molecule has 0 saturated carbocycles. The molecule has 0 aliphatic carbocycles. The molecule has 1 atom stereocenters. The van der Waals surface area contributed by atoms with Gasteiger partial charge in [-0.15, -0.1) is 0 Å². The average Bonchev–Trinajstić information content (AvgIpc) is 3.31. The van der Waals surface area contributed by atoms with Crippen LogP contribution in [0.15, 0.2) is 115 Å². The average molecular weight is 433 g/mol. The maximum Gasteiger partial charge on any atom is 0.0958 e. The van der Waals surface area contributed by atoms with Gasteiger partial charge in [-0.25, -0.2) is 0 Å². The van der Waals surface area contributed by atoms with Crippen LogP contribution in [0.5, 0.6) is 0 Å². The molecule has 154 valence electrons. The van der Waals surface area contributed by atoms with Gasteiger partial charge in [-0.05, 0) is 65.7 Å². The van der Waals surface area contributed by atoms with Crippen LogP contribution < -0.4 is 10.4 Å². The molecule has 1 aliphatic rings. The van der Waals surface area contributed by atoms with Crippen molar-refractivity contribution < 1.29 is 0 Å². The van der Waals surface area contributed by atoms with E-state index in [1.54, 1.807) is 0 Å². The zero-order valence-corrected chi connectivity index (χ0v) is 18.1. The number of nitrogens with zero attached hydrogens (tertiary/aromatic N) is 1. The number of benzene rings is 4. The van der Waals surface area contributed by atoms with Gasteiger partial charge in [0, 0.05) is 16.1 Å². The molecule has 0 aromatic heterocycles. The molecule has 0 bridgehead atoms. The number of anilines is 1. The molecule has 4 aromatic rings. The van der Waals surface area contributed by atoms with Crippen LogP contribution in [0.25, 0.3) is 5.70 Å². The molecule has 0 amide bonds. The van der Waals surface area contributed by atoms with Crippen molar-refractivity contribution in [3.8, 4) is 11.8 Å². The number of hydrogen-bond acceptors (Lipinski definition) is 2. The predicted octanol–water partition coefficient (Wildman–Crippen LogP) is 6.85. The predicted molar refractivity (Wildman–Crippen MR) is 133 cm³/mol. The molecule has 0 fully saturated rings. The van der Waals surface area contributed by atoms with Gasteiger partial charge in [0.15, 0.2) is 0 Å². The van der Waals surface area contributed by atoms with Crippen LogP contribution >= 0.6 is 11.6 Å². The van der Waals surface area contributed by atoms with E-state index in [4.69, 9.17) is 11.6 Å². The summed E-state index contributed by atoms with van der Waals surface area (Å²) < 4.78 is 0. The molecule has 4 aromatic carbocycles. The standard InChI is InChI=1S/C29H21ClN2/c30-26-19-15-23(16-20-26)12-11-22-13-17-24(18-14-22)28-21-29(25-7-3-1-4-8-25)32(31-28)27-9-5-2-6-10-27/h1-10,13-21,29,31H. The van der Waals surface area contributed by atoms with E-state index in [2.05, 4.69) is 101 Å². The Morgan fingerprint density at radius 1 is 0.656 bits per heavy atom. The van der Waals surface area contributed by atoms with Gasteiger partial charge in [-0.2, -0.15) is 0 Å². The third-order valence-corrected chi connectivity index (χ3v) is 5.66. The number of halogens is 1. The van der Waals surface area contributed by atoms with E-state index >= 15 is 0 Å². The van der Waals surface area contributed by atoms with Gasteiger partial charge in [0.25, 0.3) is 0 Å². The second kappa shape index (κ2) is 9.06. The molecule has 1 heterocycles. The van der Waals surface area contributed by atoms with E-state index in [0.29, 0.717) is 0 Å². The lowest BCUT2D eigenvalue weighted by molar-refractivity contribution is 0.724. The zero-order valence-electron chi connectivity index (χ0n) is 17.4. The van der Waals surface area contributed by atoms with Gasteiger partial charge >= 0.3 is 0 Å². The monoisotopic (exact) mass is 432 g/mol. The molecule has 0 radical (unpaired) electrons. The van der Waals surface area contributed by atoms with Crippen LogP contribution in [0.1, 0.15) is 28.3 Å². The molecule has 1 unspecified atom stereocenters. The number of hydrazine groups is 1. The van der Waals surface area contributed by atoms with Gasteiger partial charge in [0.05, 0.1) is 17.4 Å². The summed E-state index contributed by atoms with van der Waals surface area (Å²) in [5.41, 5.74) is 10.1. The highest BCUT2D eigenvalue weighted by atomic mass is 35.5. The molecular weight excluding hydrogens is 412 g/mol. The molecule has 2 nitrogen and oxygen atoms in total. The van der Waals surface area contributed by atoms with Gasteiger partial charge in [-0.3, -0.25) is 10.4 Å². The van der Waals surface area contributed by atoms with Crippen molar-refractivity contribution in [3.05, 3.63) is 143 Å². The number of para-hydroxylation sites is 1. The minimum absolute atomic E-state index is 0.109. The van der Waals surface area contributed by atoms with E-state index in [-0.39, 0.29) is 6.04 Å². The van der Waals surface area contributed by atoms with E-state index < -0.39 is 0 Å². The second-order valence-corrected chi connectivity index (χ2v) is 8.02. The van der Waals surface area contributed by atoms with Crippen molar-refractivity contribution in [1.82, 2.24) is 5.43 Å². The fourth-order valence-electron chi connectivity index (χ4n) is 3.75. The summed E-state index contributed by atoms with van der Waals surface area (Å²) in [6.45, 7) is 0. The third kappa shape index (κ3) is 4.39. The highest BCUT2D eigenvalue weighted by Gasteiger charge is 2.26. The van der Waals surface area contributed by atoms with Crippen LogP contribution in [0, 0.1) is 11.8 Å². The number of nitrogens with one attached hydrogen (secondary N) is 1. The maximum atomic E-state index is 5.94. The van der Waals surface area contributed by atoms with Crippen LogP contribution in [0.3, 0.4) is 0 Å². The van der Waals surface area contributed by atoms with E-state index in [9.17, 15) is 0 Å². The normalized spacial score (nSPS) is 14.8. The van der Waals surface area contributed by atoms with Crippen LogP contribution in [0.4, 0.5) is 5.69 Å². The Balaban J connectivity index is 1.41. The van der Waals surface area contributed by atoms with Gasteiger partial charge in [0.1, 0.15) is 0 Å². The van der Waals surface area contributed by atoms with E-state index in [1.807, 2.05) is 36.4 Å². The molecule has 1 aliphatic heterocycles. The van der Waals surface area contributed by atoms with Crippen LogP contribution in [-0.4, -0.2) is 0 Å². The molecule has 0 spiro atoms. The summed E-state index contributed by atoms with van der Waals surface area (Å²) >= 11 is 5.94. The molecule has 3 heteroatoms. The lowest BCUT2D eigenvalue weighted by Gasteiger charge is -2.27. The molecule has 5 rings (SSSR count). The molecule has 0 saturated heterocycles. The largest absolute Gasteiger partial charge is 0.297 e. The Bertz CT molecular complexity index is 1280. The fraction of sp³-hybridized carbons (Fsp3) is 0.0345. The van der Waals surface area contributed by atoms with Crippen molar-refractivity contribution in [1.29, 1.82) is 0 Å². The smallest absolute Gasteiger partial charge is 0.0958 e. The first-order chi connectivity index (χ1) is 15.8. The van der Waals surface area contributed by atoms with Gasteiger partial charge in [-0.1, -0.05) is 84.1 Å². The first kappa shape index (κ1) is 20.0. The minimum Gasteiger partial charge on any atom is -0.297 e. The van der Waals surface area contributed by atoms with Crippen LogP contribution in [0.2, 0.25) is 5.02 Å².